The fraction of sp³-hybridized carbons (Fsp3) is 0.350. The molecule has 3 aromatic rings. The Bertz CT molecular complexity index is 1150. The first kappa shape index (κ1) is 20.9. The van der Waals surface area contributed by atoms with Gasteiger partial charge in [0.2, 0.25) is 0 Å². The molecule has 1 aliphatic carbocycles. The van der Waals surface area contributed by atoms with Crippen molar-refractivity contribution in [2.45, 2.75) is 37.3 Å². The highest BCUT2D eigenvalue weighted by Gasteiger charge is 2.45. The van der Waals surface area contributed by atoms with Crippen molar-refractivity contribution in [3.05, 3.63) is 41.8 Å². The van der Waals surface area contributed by atoms with Crippen molar-refractivity contribution in [3.63, 3.8) is 0 Å². The second-order valence-corrected chi connectivity index (χ2v) is 7.64. The van der Waals surface area contributed by atoms with Crippen LogP contribution in [-0.4, -0.2) is 38.7 Å². The van der Waals surface area contributed by atoms with Gasteiger partial charge < -0.3 is 22.1 Å². The molecule has 0 radical (unpaired) electrons. The molecule has 31 heavy (non-hydrogen) atoms. The number of nitrogens with zero attached hydrogens (tertiary/aromatic N) is 3. The van der Waals surface area contributed by atoms with E-state index in [1.807, 2.05) is 6.07 Å². The van der Waals surface area contributed by atoms with Gasteiger partial charge in [-0.1, -0.05) is 6.07 Å². The van der Waals surface area contributed by atoms with Gasteiger partial charge in [-0.3, -0.25) is 9.48 Å². The topological polar surface area (TPSA) is 124 Å². The molecular formula is C20H22F3N7O. The average molecular weight is 433 g/mol. The van der Waals surface area contributed by atoms with Crippen LogP contribution in [0.3, 0.4) is 0 Å². The number of hydrogen-bond donors (Lipinski definition) is 4. The Hall–Kier alpha value is -3.34. The predicted octanol–water partition coefficient (Wildman–Crippen LogP) is 2.88. The lowest BCUT2D eigenvalue weighted by atomic mass is 9.87. The number of nitrogens with one attached hydrogen (secondary N) is 2. The summed E-state index contributed by atoms with van der Waals surface area (Å²) in [6, 6.07) is 3.94. The SMILES string of the molecule is Cn1ncc2c(Nc3nc(N[C@@H]4CCCC(F)(F)[C@@H]4N)c(F)cc3C(N)=O)cccc21. The van der Waals surface area contributed by atoms with E-state index in [0.29, 0.717) is 12.1 Å². The number of benzene rings is 1. The van der Waals surface area contributed by atoms with Gasteiger partial charge in [-0.15, -0.1) is 0 Å². The zero-order valence-corrected chi connectivity index (χ0v) is 16.7. The predicted molar refractivity (Wildman–Crippen MR) is 111 cm³/mol. The minimum absolute atomic E-state index is 0.0103. The number of fused-ring (bicyclic) bond motifs is 1. The third kappa shape index (κ3) is 3.88. The van der Waals surface area contributed by atoms with Crippen LogP contribution in [0.1, 0.15) is 29.6 Å². The smallest absolute Gasteiger partial charge is 0.264 e. The van der Waals surface area contributed by atoms with Crippen LogP contribution in [0, 0.1) is 5.82 Å². The lowest BCUT2D eigenvalue weighted by Gasteiger charge is -2.36. The number of anilines is 3. The molecule has 1 fully saturated rings. The molecule has 0 spiro atoms. The van der Waals surface area contributed by atoms with E-state index >= 15 is 0 Å². The van der Waals surface area contributed by atoms with Crippen molar-refractivity contribution >= 4 is 34.1 Å². The summed E-state index contributed by atoms with van der Waals surface area (Å²) in [5.41, 5.74) is 12.3. The summed E-state index contributed by atoms with van der Waals surface area (Å²) in [5.74, 6) is -5.14. The largest absolute Gasteiger partial charge is 0.365 e. The fourth-order valence-electron chi connectivity index (χ4n) is 3.82. The van der Waals surface area contributed by atoms with Gasteiger partial charge in [-0.25, -0.2) is 18.2 Å². The van der Waals surface area contributed by atoms with Crippen molar-refractivity contribution in [3.8, 4) is 0 Å². The van der Waals surface area contributed by atoms with Gasteiger partial charge in [0.25, 0.3) is 11.8 Å². The summed E-state index contributed by atoms with van der Waals surface area (Å²) >= 11 is 0. The van der Waals surface area contributed by atoms with Gasteiger partial charge >= 0.3 is 0 Å². The Labute approximate surface area is 175 Å². The van der Waals surface area contributed by atoms with Crippen LogP contribution in [0.2, 0.25) is 0 Å². The second-order valence-electron chi connectivity index (χ2n) is 7.64. The first-order valence-electron chi connectivity index (χ1n) is 9.75. The van der Waals surface area contributed by atoms with Crippen LogP contribution < -0.4 is 22.1 Å². The number of hydrogen-bond acceptors (Lipinski definition) is 6. The molecule has 8 nitrogen and oxygen atoms in total. The number of halogens is 3. The molecule has 4 rings (SSSR count). The molecule has 1 aromatic carbocycles. The van der Waals surface area contributed by atoms with E-state index in [4.69, 9.17) is 11.5 Å². The first-order valence-corrected chi connectivity index (χ1v) is 9.75. The summed E-state index contributed by atoms with van der Waals surface area (Å²) in [4.78, 5) is 16.0. The molecule has 2 heterocycles. The summed E-state index contributed by atoms with van der Waals surface area (Å²) in [6.45, 7) is 0. The number of carbonyl (C=O) groups excluding carboxylic acids is 1. The van der Waals surface area contributed by atoms with Crippen LogP contribution >= 0.6 is 0 Å². The Balaban J connectivity index is 1.71. The van der Waals surface area contributed by atoms with Crippen molar-refractivity contribution in [2.75, 3.05) is 10.6 Å². The minimum Gasteiger partial charge on any atom is -0.365 e. The second kappa shape index (κ2) is 7.73. The molecule has 11 heteroatoms. The van der Waals surface area contributed by atoms with Crippen LogP contribution in [-0.2, 0) is 7.05 Å². The van der Waals surface area contributed by atoms with E-state index in [9.17, 15) is 18.0 Å². The van der Waals surface area contributed by atoms with Gasteiger partial charge in [-0.2, -0.15) is 5.10 Å². The summed E-state index contributed by atoms with van der Waals surface area (Å²) < 4.78 is 44.3. The third-order valence-electron chi connectivity index (χ3n) is 5.55. The number of alkyl halides is 2. The zero-order chi connectivity index (χ0) is 22.3. The minimum atomic E-state index is -3.06. The van der Waals surface area contributed by atoms with Crippen molar-refractivity contribution < 1.29 is 18.0 Å². The fourth-order valence-corrected chi connectivity index (χ4v) is 3.82. The van der Waals surface area contributed by atoms with Gasteiger partial charge in [-0.05, 0) is 31.0 Å². The van der Waals surface area contributed by atoms with Crippen LogP contribution in [0.25, 0.3) is 10.9 Å². The number of primary amides is 1. The maximum absolute atomic E-state index is 14.7. The van der Waals surface area contributed by atoms with E-state index in [2.05, 4.69) is 20.7 Å². The van der Waals surface area contributed by atoms with Crippen molar-refractivity contribution in [2.24, 2.45) is 18.5 Å². The molecule has 0 saturated heterocycles. The average Bonchev–Trinajstić information content (AvgIpc) is 3.09. The number of pyridine rings is 1. The Morgan fingerprint density at radius 1 is 1.32 bits per heavy atom. The molecule has 1 aliphatic rings. The molecule has 1 amide bonds. The van der Waals surface area contributed by atoms with Crippen molar-refractivity contribution in [1.29, 1.82) is 0 Å². The molecule has 0 unspecified atom stereocenters. The highest BCUT2D eigenvalue weighted by atomic mass is 19.3. The van der Waals surface area contributed by atoms with Crippen LogP contribution in [0.4, 0.5) is 30.5 Å². The van der Waals surface area contributed by atoms with E-state index in [0.717, 1.165) is 17.0 Å². The van der Waals surface area contributed by atoms with E-state index in [-0.39, 0.29) is 30.0 Å². The number of aromatic nitrogens is 3. The van der Waals surface area contributed by atoms with Crippen molar-refractivity contribution in [1.82, 2.24) is 14.8 Å². The first-order chi connectivity index (χ1) is 14.7. The molecule has 164 valence electrons. The number of nitrogens with two attached hydrogens (primary N) is 2. The normalized spacial score (nSPS) is 20.5. The molecule has 1 saturated carbocycles. The lowest BCUT2D eigenvalue weighted by molar-refractivity contribution is -0.0555. The Morgan fingerprint density at radius 2 is 2.10 bits per heavy atom. The molecule has 6 N–H and O–H groups in total. The zero-order valence-electron chi connectivity index (χ0n) is 16.7. The highest BCUT2D eigenvalue weighted by molar-refractivity contribution is 6.00. The monoisotopic (exact) mass is 433 g/mol. The molecule has 0 aliphatic heterocycles. The van der Waals surface area contributed by atoms with Crippen LogP contribution in [0.5, 0.6) is 0 Å². The molecular weight excluding hydrogens is 411 g/mol. The number of rotatable bonds is 5. The maximum Gasteiger partial charge on any atom is 0.264 e. The number of aryl methyl sites for hydroxylation is 1. The van der Waals surface area contributed by atoms with E-state index in [1.54, 1.807) is 30.1 Å². The molecule has 0 bridgehead atoms. The summed E-state index contributed by atoms with van der Waals surface area (Å²) in [5, 5.41) is 10.6. The quantitative estimate of drug-likeness (QED) is 0.491. The standard InChI is InChI=1S/C20H22F3N7O/c1-30-15-6-2-4-13(11(15)9-26-30)27-18-10(17(25)31)8-12(21)19(29-18)28-14-5-3-7-20(22,23)16(14)24/h2,4,6,8-9,14,16H,3,5,7,24H2,1H3,(H2,25,31)(H2,27,28,29)/t14-,16-/m1/s1. The lowest BCUT2D eigenvalue weighted by Crippen LogP contribution is -2.55. The summed E-state index contributed by atoms with van der Waals surface area (Å²) in [6.07, 6.45) is 1.90. The van der Waals surface area contributed by atoms with Gasteiger partial charge in [0.05, 0.1) is 29.0 Å². The van der Waals surface area contributed by atoms with Gasteiger partial charge in [0, 0.05) is 24.9 Å². The third-order valence-corrected chi connectivity index (χ3v) is 5.55. The van der Waals surface area contributed by atoms with Gasteiger partial charge in [0.1, 0.15) is 5.82 Å². The molecule has 2 aromatic heterocycles. The van der Waals surface area contributed by atoms with E-state index in [1.165, 1.54) is 0 Å². The molecule has 2 atom stereocenters. The van der Waals surface area contributed by atoms with E-state index < -0.39 is 29.7 Å². The number of carbonyl (C=O) groups is 1. The summed E-state index contributed by atoms with van der Waals surface area (Å²) in [7, 11) is 1.78. The van der Waals surface area contributed by atoms with Gasteiger partial charge in [0.15, 0.2) is 11.6 Å². The van der Waals surface area contributed by atoms with Crippen LogP contribution in [0.15, 0.2) is 30.5 Å². The Kier molecular flexibility index (Phi) is 5.21. The highest BCUT2D eigenvalue weighted by Crippen LogP contribution is 2.35. The maximum atomic E-state index is 14.7. The Morgan fingerprint density at radius 3 is 2.84 bits per heavy atom. The number of amides is 1.